The number of carbonyl (C=O) groups is 4. The molecule has 0 aliphatic rings. The van der Waals surface area contributed by atoms with E-state index in [2.05, 4.69) is 28.2 Å². The van der Waals surface area contributed by atoms with Crippen LogP contribution in [0.15, 0.2) is 48.5 Å². The fraction of sp³-hybridized carbons (Fsp3) is 0.407. The molecule has 39 heavy (non-hydrogen) atoms. The van der Waals surface area contributed by atoms with E-state index in [0.29, 0.717) is 13.0 Å². The zero-order chi connectivity index (χ0) is 28.5. The van der Waals surface area contributed by atoms with Crippen molar-refractivity contribution in [2.45, 2.75) is 45.2 Å². The summed E-state index contributed by atoms with van der Waals surface area (Å²) in [6.07, 6.45) is 2.74. The van der Waals surface area contributed by atoms with Crippen molar-refractivity contribution in [3.63, 3.8) is 0 Å². The summed E-state index contributed by atoms with van der Waals surface area (Å²) in [6, 6.07) is 11.7. The Morgan fingerprint density at radius 1 is 0.923 bits per heavy atom. The Labute approximate surface area is 227 Å². The number of carboxylic acid groups (broad SMARTS) is 1. The summed E-state index contributed by atoms with van der Waals surface area (Å²) < 4.78 is 10.5. The molecule has 0 saturated carbocycles. The number of aromatic hydroxyl groups is 1. The number of benzene rings is 2. The third kappa shape index (κ3) is 12.1. The monoisotopic (exact) mass is 544 g/mol. The average molecular weight is 545 g/mol. The fourth-order valence-corrected chi connectivity index (χ4v) is 3.34. The SMILES string of the molecule is CCCCCCOC(=O)N[C@@H](CNC(=O)c1ccc(OCCNC(=O)NCc2ccccc2)cc1O)C(=O)O. The van der Waals surface area contributed by atoms with Crippen molar-refractivity contribution in [1.29, 1.82) is 0 Å². The van der Waals surface area contributed by atoms with E-state index in [1.54, 1.807) is 0 Å². The van der Waals surface area contributed by atoms with Gasteiger partial charge >= 0.3 is 18.1 Å². The number of rotatable bonds is 16. The second kappa shape index (κ2) is 17.1. The lowest BCUT2D eigenvalue weighted by atomic mass is 10.1. The molecule has 1 atom stereocenters. The van der Waals surface area contributed by atoms with Crippen molar-refractivity contribution in [3.8, 4) is 11.5 Å². The number of unbranched alkanes of at least 4 members (excludes halogenated alkanes) is 3. The number of hydrogen-bond donors (Lipinski definition) is 6. The number of ether oxygens (including phenoxy) is 2. The minimum absolute atomic E-state index is 0.108. The molecule has 0 bridgehead atoms. The van der Waals surface area contributed by atoms with Crippen LogP contribution in [0.5, 0.6) is 11.5 Å². The highest BCUT2D eigenvalue weighted by atomic mass is 16.5. The van der Waals surface area contributed by atoms with E-state index < -0.39 is 30.6 Å². The van der Waals surface area contributed by atoms with Crippen molar-refractivity contribution in [2.24, 2.45) is 0 Å². The minimum atomic E-state index is -1.42. The van der Waals surface area contributed by atoms with Crippen LogP contribution in [0.3, 0.4) is 0 Å². The smallest absolute Gasteiger partial charge is 0.407 e. The van der Waals surface area contributed by atoms with E-state index in [1.807, 2.05) is 30.3 Å². The highest BCUT2D eigenvalue weighted by Crippen LogP contribution is 2.23. The van der Waals surface area contributed by atoms with Gasteiger partial charge in [-0.25, -0.2) is 14.4 Å². The molecule has 0 aromatic heterocycles. The van der Waals surface area contributed by atoms with Gasteiger partial charge in [-0.2, -0.15) is 0 Å². The summed E-state index contributed by atoms with van der Waals surface area (Å²) in [7, 11) is 0. The Kier molecular flexibility index (Phi) is 13.5. The number of urea groups is 1. The number of phenolic OH excluding ortho intramolecular Hbond substituents is 1. The topological polar surface area (TPSA) is 175 Å². The van der Waals surface area contributed by atoms with Gasteiger partial charge in [-0.15, -0.1) is 0 Å². The molecule has 0 heterocycles. The van der Waals surface area contributed by atoms with Gasteiger partial charge in [0.05, 0.1) is 18.7 Å². The van der Waals surface area contributed by atoms with Gasteiger partial charge < -0.3 is 41.0 Å². The molecule has 2 aromatic rings. The van der Waals surface area contributed by atoms with E-state index in [4.69, 9.17) is 9.47 Å². The van der Waals surface area contributed by atoms with Crippen LogP contribution in [0, 0.1) is 0 Å². The predicted octanol–water partition coefficient (Wildman–Crippen LogP) is 2.76. The molecule has 12 heteroatoms. The van der Waals surface area contributed by atoms with Crippen LogP contribution in [-0.4, -0.2) is 66.6 Å². The maximum absolute atomic E-state index is 12.5. The zero-order valence-electron chi connectivity index (χ0n) is 21.9. The first-order valence-electron chi connectivity index (χ1n) is 12.8. The normalized spacial score (nSPS) is 11.1. The van der Waals surface area contributed by atoms with E-state index in [9.17, 15) is 29.4 Å². The molecule has 12 nitrogen and oxygen atoms in total. The number of amides is 4. The van der Waals surface area contributed by atoms with Crippen molar-refractivity contribution < 1.29 is 38.9 Å². The Bertz CT molecular complexity index is 1080. The summed E-state index contributed by atoms with van der Waals surface area (Å²) in [5.74, 6) is -2.21. The van der Waals surface area contributed by atoms with Gasteiger partial charge in [-0.3, -0.25) is 4.79 Å². The van der Waals surface area contributed by atoms with Gasteiger partial charge in [0, 0.05) is 19.2 Å². The Morgan fingerprint density at radius 2 is 1.69 bits per heavy atom. The molecule has 2 aromatic carbocycles. The molecule has 0 radical (unpaired) electrons. The summed E-state index contributed by atoms with van der Waals surface area (Å²) in [4.78, 5) is 47.6. The number of phenols is 1. The molecular weight excluding hydrogens is 508 g/mol. The van der Waals surface area contributed by atoms with Crippen molar-refractivity contribution in [3.05, 3.63) is 59.7 Å². The second-order valence-corrected chi connectivity index (χ2v) is 8.56. The molecule has 0 spiro atoms. The van der Waals surface area contributed by atoms with Crippen LogP contribution in [0.4, 0.5) is 9.59 Å². The Hall–Kier alpha value is -4.48. The van der Waals surface area contributed by atoms with Gasteiger partial charge in [-0.1, -0.05) is 56.5 Å². The molecule has 0 fully saturated rings. The summed E-state index contributed by atoms with van der Waals surface area (Å²) in [5.41, 5.74) is 0.859. The van der Waals surface area contributed by atoms with Crippen molar-refractivity contribution in [1.82, 2.24) is 21.3 Å². The zero-order valence-corrected chi connectivity index (χ0v) is 21.9. The van der Waals surface area contributed by atoms with Crippen LogP contribution in [-0.2, 0) is 16.1 Å². The molecule has 6 N–H and O–H groups in total. The lowest BCUT2D eigenvalue weighted by molar-refractivity contribution is -0.139. The molecule has 0 unspecified atom stereocenters. The molecular formula is C27H36N4O8. The van der Waals surface area contributed by atoms with Crippen LogP contribution in [0.2, 0.25) is 0 Å². The number of carbonyl (C=O) groups excluding carboxylic acids is 3. The van der Waals surface area contributed by atoms with Crippen LogP contribution in [0.1, 0.15) is 48.5 Å². The molecule has 0 aliphatic carbocycles. The molecule has 0 aliphatic heterocycles. The van der Waals surface area contributed by atoms with Crippen LogP contribution in [0.25, 0.3) is 0 Å². The van der Waals surface area contributed by atoms with Gasteiger partial charge in [0.15, 0.2) is 0 Å². The number of aliphatic carboxylic acids is 1. The van der Waals surface area contributed by atoms with Crippen molar-refractivity contribution >= 4 is 24.0 Å². The lowest BCUT2D eigenvalue weighted by Crippen LogP contribution is -2.48. The van der Waals surface area contributed by atoms with Gasteiger partial charge in [0.25, 0.3) is 5.91 Å². The summed E-state index contributed by atoms with van der Waals surface area (Å²) >= 11 is 0. The van der Waals surface area contributed by atoms with E-state index in [1.165, 1.54) is 18.2 Å². The number of alkyl carbamates (subject to hydrolysis) is 1. The number of hydrogen-bond acceptors (Lipinski definition) is 7. The van der Waals surface area contributed by atoms with Crippen molar-refractivity contribution in [2.75, 3.05) is 26.3 Å². The van der Waals surface area contributed by atoms with Gasteiger partial charge in [0.1, 0.15) is 24.1 Å². The Balaban J connectivity index is 1.72. The minimum Gasteiger partial charge on any atom is -0.507 e. The average Bonchev–Trinajstić information content (AvgIpc) is 2.92. The quantitative estimate of drug-likeness (QED) is 0.175. The summed E-state index contributed by atoms with van der Waals surface area (Å²) in [5, 5.41) is 29.5. The summed E-state index contributed by atoms with van der Waals surface area (Å²) in [6.45, 7) is 2.51. The first kappa shape index (κ1) is 30.7. The Morgan fingerprint density at radius 3 is 2.38 bits per heavy atom. The number of nitrogens with one attached hydrogen (secondary N) is 4. The predicted molar refractivity (Wildman–Crippen MR) is 143 cm³/mol. The standard InChI is InChI=1S/C27H36N4O8/c1-2-3-4-8-14-39-27(37)31-22(25(34)35)18-29-24(33)21-12-11-20(16-23(21)32)38-15-13-28-26(36)30-17-19-9-6-5-7-10-19/h5-7,9-12,16,22,32H,2-4,8,13-15,17-18H2,1H3,(H,29,33)(H,31,37)(H,34,35)(H2,28,30,36)/t22-/m0/s1. The highest BCUT2D eigenvalue weighted by Gasteiger charge is 2.22. The third-order valence-electron chi connectivity index (χ3n) is 5.45. The van der Waals surface area contributed by atoms with Gasteiger partial charge in [-0.05, 0) is 24.1 Å². The largest absolute Gasteiger partial charge is 0.507 e. The second-order valence-electron chi connectivity index (χ2n) is 8.56. The first-order chi connectivity index (χ1) is 18.8. The molecule has 2 rings (SSSR count). The molecule has 212 valence electrons. The van der Waals surface area contributed by atoms with Crippen LogP contribution < -0.4 is 26.0 Å². The van der Waals surface area contributed by atoms with Gasteiger partial charge in [0.2, 0.25) is 0 Å². The highest BCUT2D eigenvalue weighted by molar-refractivity contribution is 5.97. The number of carboxylic acids is 1. The molecule has 0 saturated heterocycles. The lowest BCUT2D eigenvalue weighted by Gasteiger charge is -2.16. The third-order valence-corrected chi connectivity index (χ3v) is 5.45. The fourth-order valence-electron chi connectivity index (χ4n) is 3.34. The molecule has 4 amide bonds. The first-order valence-corrected chi connectivity index (χ1v) is 12.8. The van der Waals surface area contributed by atoms with E-state index in [-0.39, 0.29) is 42.9 Å². The maximum Gasteiger partial charge on any atom is 0.407 e. The van der Waals surface area contributed by atoms with Crippen LogP contribution >= 0.6 is 0 Å². The van der Waals surface area contributed by atoms with E-state index in [0.717, 1.165) is 24.8 Å². The van der Waals surface area contributed by atoms with E-state index >= 15 is 0 Å². The maximum atomic E-state index is 12.5.